The lowest BCUT2D eigenvalue weighted by molar-refractivity contribution is 0.133. The maximum Gasteiger partial charge on any atom is 0.138 e. The summed E-state index contributed by atoms with van der Waals surface area (Å²) in [7, 11) is 0. The van der Waals surface area contributed by atoms with Gasteiger partial charge in [0.25, 0.3) is 0 Å². The molecule has 1 saturated carbocycles. The van der Waals surface area contributed by atoms with Crippen molar-refractivity contribution in [1.82, 2.24) is 4.98 Å². The normalized spacial score (nSPS) is 26.9. The van der Waals surface area contributed by atoms with E-state index < -0.39 is 0 Å². The Labute approximate surface area is 129 Å². The Kier molecular flexibility index (Phi) is 4.62. The first-order valence-electron chi connectivity index (χ1n) is 8.12. The highest BCUT2D eigenvalue weighted by Crippen LogP contribution is 2.44. The van der Waals surface area contributed by atoms with Crippen molar-refractivity contribution in [3.63, 3.8) is 0 Å². The fourth-order valence-corrected chi connectivity index (χ4v) is 3.32. The van der Waals surface area contributed by atoms with Crippen LogP contribution in [0.15, 0.2) is 18.5 Å². The van der Waals surface area contributed by atoms with Crippen LogP contribution in [0.1, 0.15) is 65.9 Å². The Morgan fingerprint density at radius 3 is 2.38 bits per heavy atom. The van der Waals surface area contributed by atoms with E-state index in [1.54, 1.807) is 6.20 Å². The summed E-state index contributed by atoms with van der Waals surface area (Å²) >= 11 is 0. The maximum absolute atomic E-state index is 6.69. The minimum absolute atomic E-state index is 0.160. The van der Waals surface area contributed by atoms with E-state index in [1.807, 2.05) is 20.0 Å². The van der Waals surface area contributed by atoms with Crippen LogP contribution < -0.4 is 10.5 Å². The number of hydrogen-bond acceptors (Lipinski definition) is 3. The van der Waals surface area contributed by atoms with Crippen LogP contribution in [0.25, 0.3) is 0 Å². The number of nitrogens with two attached hydrogens (primary N) is 1. The van der Waals surface area contributed by atoms with Gasteiger partial charge in [-0.25, -0.2) is 0 Å². The zero-order valence-corrected chi connectivity index (χ0v) is 14.1. The van der Waals surface area contributed by atoms with Crippen LogP contribution in [0.2, 0.25) is 0 Å². The zero-order chi connectivity index (χ0) is 15.7. The molecule has 3 nitrogen and oxygen atoms in total. The summed E-state index contributed by atoms with van der Waals surface area (Å²) in [6.07, 6.45) is 8.28. The average Bonchev–Trinajstić information content (AvgIpc) is 2.37. The summed E-state index contributed by atoms with van der Waals surface area (Å²) in [5.41, 5.74) is 7.94. The second kappa shape index (κ2) is 5.96. The molecule has 1 fully saturated rings. The van der Waals surface area contributed by atoms with Crippen molar-refractivity contribution in [3.05, 3.63) is 24.0 Å². The largest absolute Gasteiger partial charge is 0.489 e. The molecule has 0 aliphatic heterocycles. The molecule has 21 heavy (non-hydrogen) atoms. The van der Waals surface area contributed by atoms with Crippen LogP contribution in [-0.2, 0) is 5.54 Å². The van der Waals surface area contributed by atoms with Gasteiger partial charge in [-0.15, -0.1) is 0 Å². The van der Waals surface area contributed by atoms with Gasteiger partial charge in [-0.05, 0) is 62.5 Å². The van der Waals surface area contributed by atoms with Crippen LogP contribution in [0, 0.1) is 11.3 Å². The molecule has 0 aromatic carbocycles. The minimum Gasteiger partial charge on any atom is -0.489 e. The Morgan fingerprint density at radius 1 is 1.24 bits per heavy atom. The van der Waals surface area contributed by atoms with Crippen molar-refractivity contribution in [3.8, 4) is 5.75 Å². The third-order valence-corrected chi connectivity index (χ3v) is 4.76. The van der Waals surface area contributed by atoms with Gasteiger partial charge in [0.1, 0.15) is 5.75 Å². The third kappa shape index (κ3) is 3.97. The summed E-state index contributed by atoms with van der Waals surface area (Å²) in [5, 5.41) is 0. The first kappa shape index (κ1) is 16.3. The van der Waals surface area contributed by atoms with Crippen molar-refractivity contribution < 1.29 is 4.74 Å². The van der Waals surface area contributed by atoms with Crippen molar-refractivity contribution in [2.45, 2.75) is 71.9 Å². The zero-order valence-electron chi connectivity index (χ0n) is 14.1. The van der Waals surface area contributed by atoms with Crippen LogP contribution in [0.4, 0.5) is 0 Å². The molecule has 0 radical (unpaired) electrons. The van der Waals surface area contributed by atoms with Crippen molar-refractivity contribution in [1.29, 1.82) is 0 Å². The smallest absolute Gasteiger partial charge is 0.138 e. The highest BCUT2D eigenvalue weighted by atomic mass is 16.5. The fourth-order valence-electron chi connectivity index (χ4n) is 3.32. The molecule has 0 unspecified atom stereocenters. The molecule has 3 heteroatoms. The quantitative estimate of drug-likeness (QED) is 0.905. The molecule has 118 valence electrons. The summed E-state index contributed by atoms with van der Waals surface area (Å²) in [5.74, 6) is 1.59. The number of aromatic nitrogens is 1. The molecule has 1 heterocycles. The molecule has 0 saturated heterocycles. The molecule has 0 spiro atoms. The van der Waals surface area contributed by atoms with Gasteiger partial charge in [-0.1, -0.05) is 20.8 Å². The predicted octanol–water partition coefficient (Wildman–Crippen LogP) is 4.26. The van der Waals surface area contributed by atoms with E-state index in [0.29, 0.717) is 5.41 Å². The van der Waals surface area contributed by atoms with Crippen molar-refractivity contribution >= 4 is 0 Å². The molecule has 2 rings (SSSR count). The second-order valence-electron chi connectivity index (χ2n) is 7.87. The summed E-state index contributed by atoms with van der Waals surface area (Å²) < 4.78 is 5.75. The third-order valence-electron chi connectivity index (χ3n) is 4.76. The van der Waals surface area contributed by atoms with Gasteiger partial charge < -0.3 is 10.5 Å². The van der Waals surface area contributed by atoms with Gasteiger partial charge in [0.05, 0.1) is 12.3 Å². The number of nitrogens with zero attached hydrogens (tertiary/aromatic N) is 1. The van der Waals surface area contributed by atoms with Gasteiger partial charge in [-0.2, -0.15) is 0 Å². The first-order valence-corrected chi connectivity index (χ1v) is 8.12. The van der Waals surface area contributed by atoms with Crippen LogP contribution in [0.5, 0.6) is 5.75 Å². The summed E-state index contributed by atoms with van der Waals surface area (Å²) in [4.78, 5) is 4.32. The summed E-state index contributed by atoms with van der Waals surface area (Å²) in [6, 6.07) is 2.07. The van der Waals surface area contributed by atoms with E-state index in [-0.39, 0.29) is 11.6 Å². The monoisotopic (exact) mass is 290 g/mol. The van der Waals surface area contributed by atoms with E-state index in [4.69, 9.17) is 10.5 Å². The van der Waals surface area contributed by atoms with E-state index in [1.165, 1.54) is 12.8 Å². The molecule has 1 aromatic heterocycles. The number of pyridine rings is 1. The van der Waals surface area contributed by atoms with E-state index in [9.17, 15) is 0 Å². The average molecular weight is 290 g/mol. The number of hydrogen-bond donors (Lipinski definition) is 1. The van der Waals surface area contributed by atoms with Gasteiger partial charge in [0.2, 0.25) is 0 Å². The molecule has 2 N–H and O–H groups in total. The number of ether oxygens (including phenoxy) is 1. The van der Waals surface area contributed by atoms with E-state index in [2.05, 4.69) is 31.8 Å². The Balaban J connectivity index is 2.11. The van der Waals surface area contributed by atoms with Crippen LogP contribution >= 0.6 is 0 Å². The molecule has 1 aromatic rings. The molecule has 1 aliphatic rings. The lowest BCUT2D eigenvalue weighted by Crippen LogP contribution is -2.42. The Bertz CT molecular complexity index is 468. The molecule has 0 amide bonds. The van der Waals surface area contributed by atoms with Crippen LogP contribution in [-0.4, -0.2) is 11.1 Å². The van der Waals surface area contributed by atoms with Gasteiger partial charge in [0.15, 0.2) is 0 Å². The Hall–Kier alpha value is -1.09. The van der Waals surface area contributed by atoms with Gasteiger partial charge in [-0.3, -0.25) is 4.98 Å². The van der Waals surface area contributed by atoms with Gasteiger partial charge in [0, 0.05) is 11.7 Å². The maximum atomic E-state index is 6.69. The highest BCUT2D eigenvalue weighted by Gasteiger charge is 2.37. The molecular formula is C18H30N2O. The fraction of sp³-hybridized carbons (Fsp3) is 0.722. The molecule has 1 aliphatic carbocycles. The molecule has 0 bridgehead atoms. The lowest BCUT2D eigenvalue weighted by Gasteiger charge is -2.42. The van der Waals surface area contributed by atoms with Crippen LogP contribution in [0.3, 0.4) is 0 Å². The predicted molar refractivity (Wildman–Crippen MR) is 87.3 cm³/mol. The van der Waals surface area contributed by atoms with E-state index >= 15 is 0 Å². The Morgan fingerprint density at radius 2 is 1.86 bits per heavy atom. The standard InChI is InChI=1S/C18H30N2O/c1-13(2)21-16-10-15(11-20-12-16)18(19)8-6-14(7-9-18)17(3,4)5/h10-14H,6-9,19H2,1-5H3. The molecule has 0 atom stereocenters. The van der Waals surface area contributed by atoms with Gasteiger partial charge >= 0.3 is 0 Å². The highest BCUT2D eigenvalue weighted by molar-refractivity contribution is 5.30. The van der Waals surface area contributed by atoms with E-state index in [0.717, 1.165) is 30.1 Å². The van der Waals surface area contributed by atoms with Crippen molar-refractivity contribution in [2.24, 2.45) is 17.1 Å². The SMILES string of the molecule is CC(C)Oc1cncc(C2(N)CCC(C(C)(C)C)CC2)c1. The lowest BCUT2D eigenvalue weighted by atomic mass is 9.66. The topological polar surface area (TPSA) is 48.1 Å². The molecular weight excluding hydrogens is 260 g/mol. The first-order chi connectivity index (χ1) is 9.71. The second-order valence-corrected chi connectivity index (χ2v) is 7.87. The minimum atomic E-state index is -0.245. The summed E-state index contributed by atoms with van der Waals surface area (Å²) in [6.45, 7) is 11.1. The van der Waals surface area contributed by atoms with Crippen molar-refractivity contribution in [2.75, 3.05) is 0 Å². The number of rotatable bonds is 3.